The number of aromatic nitrogens is 1. The molecule has 0 spiro atoms. The van der Waals surface area contributed by atoms with Crippen LogP contribution in [0.4, 0.5) is 5.13 Å². The maximum absolute atomic E-state index is 13.5. The van der Waals surface area contributed by atoms with E-state index in [2.05, 4.69) is 12.1 Å². The number of benzene rings is 3. The molecule has 156 valence electrons. The fraction of sp³-hybridized carbons (Fsp3) is 0.154. The first-order valence-electron chi connectivity index (χ1n) is 10.2. The predicted octanol–water partition coefficient (Wildman–Crippen LogP) is 6.02. The molecule has 0 saturated heterocycles. The van der Waals surface area contributed by atoms with Crippen LogP contribution in [0.25, 0.3) is 11.3 Å². The van der Waals surface area contributed by atoms with Gasteiger partial charge in [-0.2, -0.15) is 0 Å². The number of amides is 1. The minimum atomic E-state index is -0.0235. The van der Waals surface area contributed by atoms with Crippen molar-refractivity contribution in [3.8, 4) is 17.0 Å². The second kappa shape index (κ2) is 9.58. The summed E-state index contributed by atoms with van der Waals surface area (Å²) in [7, 11) is 1.65. The van der Waals surface area contributed by atoms with Crippen molar-refractivity contribution < 1.29 is 9.53 Å². The van der Waals surface area contributed by atoms with Crippen LogP contribution >= 0.6 is 11.3 Å². The van der Waals surface area contributed by atoms with Gasteiger partial charge in [0.05, 0.1) is 12.8 Å². The molecule has 0 fully saturated rings. The normalized spacial score (nSPS) is 10.6. The summed E-state index contributed by atoms with van der Waals surface area (Å²) in [4.78, 5) is 20.1. The van der Waals surface area contributed by atoms with Crippen LogP contribution in [-0.2, 0) is 6.42 Å². The van der Waals surface area contributed by atoms with Gasteiger partial charge in [-0.3, -0.25) is 9.69 Å². The Kier molecular flexibility index (Phi) is 6.43. The molecule has 0 atom stereocenters. The van der Waals surface area contributed by atoms with Gasteiger partial charge in [-0.25, -0.2) is 4.98 Å². The van der Waals surface area contributed by atoms with E-state index in [9.17, 15) is 4.79 Å². The molecule has 0 radical (unpaired) electrons. The Morgan fingerprint density at radius 1 is 0.968 bits per heavy atom. The molecule has 0 bridgehead atoms. The Morgan fingerprint density at radius 2 is 1.68 bits per heavy atom. The summed E-state index contributed by atoms with van der Waals surface area (Å²) in [5, 5.41) is 2.70. The van der Waals surface area contributed by atoms with Gasteiger partial charge >= 0.3 is 0 Å². The molecule has 0 saturated carbocycles. The summed E-state index contributed by atoms with van der Waals surface area (Å²) < 4.78 is 5.24. The van der Waals surface area contributed by atoms with Crippen LogP contribution in [-0.4, -0.2) is 24.5 Å². The highest BCUT2D eigenvalue weighted by Gasteiger charge is 2.22. The van der Waals surface area contributed by atoms with Crippen molar-refractivity contribution in [1.82, 2.24) is 4.98 Å². The molecule has 3 aromatic carbocycles. The molecule has 0 aliphatic carbocycles. The second-order valence-electron chi connectivity index (χ2n) is 7.25. The van der Waals surface area contributed by atoms with Gasteiger partial charge in [0.25, 0.3) is 5.91 Å². The first kappa shape index (κ1) is 20.8. The molecule has 4 rings (SSSR count). The molecule has 4 aromatic rings. The number of anilines is 1. The van der Waals surface area contributed by atoms with Gasteiger partial charge in [-0.05, 0) is 54.8 Å². The van der Waals surface area contributed by atoms with E-state index in [4.69, 9.17) is 9.72 Å². The van der Waals surface area contributed by atoms with Gasteiger partial charge in [-0.1, -0.05) is 48.5 Å². The standard InChI is InChI=1S/C26H24N2O2S/c1-19-8-6-7-11-23(19)25(29)28(17-16-20-9-4-3-5-10-20)26-27-24(18-31-26)21-12-14-22(30-2)15-13-21/h3-15,18H,16-17H2,1-2H3. The lowest BCUT2D eigenvalue weighted by Gasteiger charge is -2.21. The summed E-state index contributed by atoms with van der Waals surface area (Å²) in [6.45, 7) is 2.53. The SMILES string of the molecule is COc1ccc(-c2csc(N(CCc3ccccc3)C(=O)c3ccccc3C)n2)cc1. The molecule has 4 nitrogen and oxygen atoms in total. The first-order chi connectivity index (χ1) is 15.2. The van der Waals surface area contributed by atoms with Crippen LogP contribution in [0, 0.1) is 6.92 Å². The lowest BCUT2D eigenvalue weighted by atomic mass is 10.1. The van der Waals surface area contributed by atoms with E-state index in [1.807, 2.05) is 79.0 Å². The third kappa shape index (κ3) is 4.84. The van der Waals surface area contributed by atoms with E-state index in [-0.39, 0.29) is 5.91 Å². The van der Waals surface area contributed by atoms with Gasteiger partial charge in [0.1, 0.15) is 5.75 Å². The molecule has 1 amide bonds. The zero-order valence-electron chi connectivity index (χ0n) is 17.6. The number of ether oxygens (including phenoxy) is 1. The zero-order valence-corrected chi connectivity index (χ0v) is 18.4. The molecule has 1 aromatic heterocycles. The van der Waals surface area contributed by atoms with E-state index in [0.717, 1.165) is 29.0 Å². The van der Waals surface area contributed by atoms with E-state index in [0.29, 0.717) is 17.2 Å². The molecular weight excluding hydrogens is 404 g/mol. The monoisotopic (exact) mass is 428 g/mol. The highest BCUT2D eigenvalue weighted by Crippen LogP contribution is 2.30. The summed E-state index contributed by atoms with van der Waals surface area (Å²) in [5.41, 5.74) is 4.71. The smallest absolute Gasteiger partial charge is 0.260 e. The van der Waals surface area contributed by atoms with Crippen molar-refractivity contribution in [2.75, 3.05) is 18.6 Å². The summed E-state index contributed by atoms with van der Waals surface area (Å²) in [6.07, 6.45) is 0.760. The number of aryl methyl sites for hydroxylation is 1. The third-order valence-corrected chi connectivity index (χ3v) is 6.06. The fourth-order valence-corrected chi connectivity index (χ4v) is 4.27. The van der Waals surface area contributed by atoms with Crippen LogP contribution in [0.1, 0.15) is 21.5 Å². The van der Waals surface area contributed by atoms with E-state index in [1.165, 1.54) is 16.9 Å². The molecule has 0 aliphatic heterocycles. The lowest BCUT2D eigenvalue weighted by Crippen LogP contribution is -2.33. The molecule has 0 unspecified atom stereocenters. The van der Waals surface area contributed by atoms with Crippen LogP contribution in [0.15, 0.2) is 84.2 Å². The highest BCUT2D eigenvalue weighted by molar-refractivity contribution is 7.14. The largest absolute Gasteiger partial charge is 0.497 e. The van der Waals surface area contributed by atoms with Gasteiger partial charge in [0.2, 0.25) is 0 Å². The Bertz CT molecular complexity index is 1150. The number of hydrogen-bond donors (Lipinski definition) is 0. The average molecular weight is 429 g/mol. The predicted molar refractivity (Wildman–Crippen MR) is 127 cm³/mol. The molecule has 1 heterocycles. The van der Waals surface area contributed by atoms with E-state index < -0.39 is 0 Å². The number of carbonyl (C=O) groups is 1. The van der Waals surface area contributed by atoms with Crippen molar-refractivity contribution in [2.24, 2.45) is 0 Å². The van der Waals surface area contributed by atoms with Crippen LogP contribution in [0.2, 0.25) is 0 Å². The Morgan fingerprint density at radius 3 is 2.39 bits per heavy atom. The van der Waals surface area contributed by atoms with Gasteiger partial charge in [-0.15, -0.1) is 11.3 Å². The number of nitrogens with zero attached hydrogens (tertiary/aromatic N) is 2. The summed E-state index contributed by atoms with van der Waals surface area (Å²) >= 11 is 1.49. The van der Waals surface area contributed by atoms with Crippen LogP contribution < -0.4 is 9.64 Å². The van der Waals surface area contributed by atoms with Gasteiger partial charge < -0.3 is 4.74 Å². The maximum Gasteiger partial charge on any atom is 0.260 e. The van der Waals surface area contributed by atoms with Crippen molar-refractivity contribution in [3.63, 3.8) is 0 Å². The Balaban J connectivity index is 1.64. The third-order valence-electron chi connectivity index (χ3n) is 5.20. The van der Waals surface area contributed by atoms with Gasteiger partial charge in [0, 0.05) is 23.1 Å². The topological polar surface area (TPSA) is 42.4 Å². The van der Waals surface area contributed by atoms with Gasteiger partial charge in [0.15, 0.2) is 5.13 Å². The maximum atomic E-state index is 13.5. The number of hydrogen-bond acceptors (Lipinski definition) is 4. The second-order valence-corrected chi connectivity index (χ2v) is 8.09. The molecule has 0 aliphatic rings. The van der Waals surface area contributed by atoms with Crippen molar-refractivity contribution in [1.29, 1.82) is 0 Å². The van der Waals surface area contributed by atoms with Crippen LogP contribution in [0.5, 0.6) is 5.75 Å². The zero-order chi connectivity index (χ0) is 21.6. The minimum Gasteiger partial charge on any atom is -0.497 e. The van der Waals surface area contributed by atoms with Crippen molar-refractivity contribution >= 4 is 22.4 Å². The number of thiazole rings is 1. The Hall–Kier alpha value is -3.44. The van der Waals surface area contributed by atoms with Crippen molar-refractivity contribution in [2.45, 2.75) is 13.3 Å². The van der Waals surface area contributed by atoms with Crippen LogP contribution in [0.3, 0.4) is 0 Å². The first-order valence-corrected chi connectivity index (χ1v) is 11.0. The molecule has 5 heteroatoms. The lowest BCUT2D eigenvalue weighted by molar-refractivity contribution is 0.0986. The highest BCUT2D eigenvalue weighted by atomic mass is 32.1. The molecule has 31 heavy (non-hydrogen) atoms. The quantitative estimate of drug-likeness (QED) is 0.362. The summed E-state index contributed by atoms with van der Waals surface area (Å²) in [6, 6.07) is 25.7. The fourth-order valence-electron chi connectivity index (χ4n) is 3.41. The summed E-state index contributed by atoms with van der Waals surface area (Å²) in [5.74, 6) is 0.781. The molecular formula is C26H24N2O2S. The minimum absolute atomic E-state index is 0.0235. The van der Waals surface area contributed by atoms with E-state index in [1.54, 1.807) is 12.0 Å². The molecule has 0 N–H and O–H groups in total. The average Bonchev–Trinajstić information content (AvgIpc) is 3.30. The number of rotatable bonds is 7. The van der Waals surface area contributed by atoms with E-state index >= 15 is 0 Å². The number of methoxy groups -OCH3 is 1. The van der Waals surface area contributed by atoms with Crippen molar-refractivity contribution in [3.05, 3.63) is 101 Å². The number of carbonyl (C=O) groups excluding carboxylic acids is 1. The Labute approximate surface area is 186 Å².